The minimum absolute atomic E-state index is 0.119. The van der Waals surface area contributed by atoms with Gasteiger partial charge >= 0.3 is 0 Å². The van der Waals surface area contributed by atoms with Crippen LogP contribution < -0.4 is 21.3 Å². The van der Waals surface area contributed by atoms with Crippen LogP contribution in [0.4, 0.5) is 11.5 Å². The third-order valence-electron chi connectivity index (χ3n) is 6.65. The van der Waals surface area contributed by atoms with Gasteiger partial charge in [-0.3, -0.25) is 9.78 Å². The Morgan fingerprint density at radius 3 is 2.69 bits per heavy atom. The molecule has 4 N–H and O–H groups in total. The van der Waals surface area contributed by atoms with Gasteiger partial charge in [0.15, 0.2) is 0 Å². The van der Waals surface area contributed by atoms with Crippen molar-refractivity contribution in [2.24, 2.45) is 5.92 Å². The lowest BCUT2D eigenvalue weighted by Crippen LogP contribution is -2.37. The number of fused-ring (bicyclic) bond motifs is 1. The van der Waals surface area contributed by atoms with Gasteiger partial charge in [0, 0.05) is 60.7 Å². The number of nitrogen functional groups attached to an aromatic ring is 1. The summed E-state index contributed by atoms with van der Waals surface area (Å²) in [7, 11) is 0. The van der Waals surface area contributed by atoms with E-state index < -0.39 is 0 Å². The molecule has 0 radical (unpaired) electrons. The minimum Gasteiger partial charge on any atom is -0.383 e. The van der Waals surface area contributed by atoms with E-state index in [-0.39, 0.29) is 5.91 Å². The van der Waals surface area contributed by atoms with Gasteiger partial charge < -0.3 is 21.3 Å². The zero-order valence-corrected chi connectivity index (χ0v) is 21.5. The molecule has 7 nitrogen and oxygen atoms in total. The molecule has 4 heterocycles. The first-order valence-corrected chi connectivity index (χ1v) is 13.3. The highest BCUT2D eigenvalue weighted by Crippen LogP contribution is 2.28. The van der Waals surface area contributed by atoms with Gasteiger partial charge in [0.05, 0.1) is 9.90 Å². The van der Waals surface area contributed by atoms with Gasteiger partial charge in [0.2, 0.25) is 0 Å². The fraction of sp³-hybridized carbons (Fsp3) is 0.296. The van der Waals surface area contributed by atoms with Crippen molar-refractivity contribution in [2.45, 2.75) is 25.9 Å². The molecular weight excluding hydrogens is 492 g/mol. The summed E-state index contributed by atoms with van der Waals surface area (Å²) in [6, 6.07) is 13.7. The van der Waals surface area contributed by atoms with Gasteiger partial charge in [-0.1, -0.05) is 23.7 Å². The number of amides is 1. The largest absolute Gasteiger partial charge is 0.383 e. The molecule has 0 spiro atoms. The number of halogens is 1. The molecule has 1 aliphatic rings. The van der Waals surface area contributed by atoms with E-state index in [4.69, 9.17) is 17.3 Å². The Kier molecular flexibility index (Phi) is 7.65. The van der Waals surface area contributed by atoms with Gasteiger partial charge in [-0.2, -0.15) is 0 Å². The van der Waals surface area contributed by atoms with Crippen LogP contribution in [-0.4, -0.2) is 35.5 Å². The van der Waals surface area contributed by atoms with E-state index >= 15 is 0 Å². The normalized spacial score (nSPS) is 14.3. The van der Waals surface area contributed by atoms with Crippen molar-refractivity contribution in [1.82, 2.24) is 20.6 Å². The van der Waals surface area contributed by atoms with Gasteiger partial charge in [0.25, 0.3) is 5.91 Å². The van der Waals surface area contributed by atoms with Crippen LogP contribution >= 0.6 is 22.9 Å². The first-order valence-electron chi connectivity index (χ1n) is 12.1. The maximum absolute atomic E-state index is 12.8. The lowest BCUT2D eigenvalue weighted by Gasteiger charge is -2.33. The molecule has 5 rings (SSSR count). The number of rotatable bonds is 8. The standard InChI is InChI=1S/C27H29ClN6OS/c28-23-14-24(27(35)33-16-19-1-2-22-20(13-19)3-10-32-26(22)29)36-25(23)17-31-15-18-6-11-34(12-7-18)21-4-8-30-9-5-21/h1-5,8-10,13-14,18,31H,6-7,11-12,15-17H2,(H2,29,32)(H,33,35). The number of nitrogens with zero attached hydrogens (tertiary/aromatic N) is 3. The summed E-state index contributed by atoms with van der Waals surface area (Å²) in [6.45, 7) is 4.16. The number of aromatic nitrogens is 2. The highest BCUT2D eigenvalue weighted by atomic mass is 35.5. The fourth-order valence-electron chi connectivity index (χ4n) is 4.61. The third kappa shape index (κ3) is 5.78. The van der Waals surface area contributed by atoms with Crippen molar-refractivity contribution in [3.05, 3.63) is 81.4 Å². The topological polar surface area (TPSA) is 96.2 Å². The molecule has 36 heavy (non-hydrogen) atoms. The number of hydrogen-bond donors (Lipinski definition) is 3. The summed E-state index contributed by atoms with van der Waals surface area (Å²) in [5, 5.41) is 9.10. The van der Waals surface area contributed by atoms with E-state index in [0.717, 1.165) is 53.7 Å². The molecule has 1 fully saturated rings. The Morgan fingerprint density at radius 2 is 1.89 bits per heavy atom. The molecule has 0 saturated carbocycles. The molecule has 1 amide bonds. The summed E-state index contributed by atoms with van der Waals surface area (Å²) < 4.78 is 0. The second-order valence-corrected chi connectivity index (χ2v) is 10.6. The molecule has 9 heteroatoms. The van der Waals surface area contributed by atoms with E-state index in [1.807, 2.05) is 36.7 Å². The number of pyridine rings is 2. The van der Waals surface area contributed by atoms with E-state index in [1.165, 1.54) is 17.0 Å². The smallest absolute Gasteiger partial charge is 0.261 e. The summed E-state index contributed by atoms with van der Waals surface area (Å²) >= 11 is 7.90. The quantitative estimate of drug-likeness (QED) is 0.307. The van der Waals surface area contributed by atoms with E-state index in [9.17, 15) is 4.79 Å². The van der Waals surface area contributed by atoms with Gasteiger partial charge in [0.1, 0.15) is 5.82 Å². The zero-order valence-electron chi connectivity index (χ0n) is 19.9. The molecule has 1 aliphatic heterocycles. The lowest BCUT2D eigenvalue weighted by molar-refractivity contribution is 0.0955. The Labute approximate surface area is 219 Å². The molecule has 0 atom stereocenters. The summed E-state index contributed by atoms with van der Waals surface area (Å²) in [4.78, 5) is 25.0. The summed E-state index contributed by atoms with van der Waals surface area (Å²) in [5.74, 6) is 1.02. The zero-order chi connectivity index (χ0) is 24.9. The average Bonchev–Trinajstić information content (AvgIpc) is 3.28. The first-order chi connectivity index (χ1) is 17.6. The number of carbonyl (C=O) groups is 1. The van der Waals surface area contributed by atoms with Crippen molar-refractivity contribution in [3.63, 3.8) is 0 Å². The molecule has 1 saturated heterocycles. The SMILES string of the molecule is Nc1nccc2cc(CNC(=O)c3cc(Cl)c(CNCC4CCN(c5ccncc5)CC4)s3)ccc12. The monoisotopic (exact) mass is 520 g/mol. The number of benzene rings is 1. The molecule has 1 aromatic carbocycles. The number of carbonyl (C=O) groups excluding carboxylic acids is 1. The second-order valence-electron chi connectivity index (χ2n) is 9.08. The van der Waals surface area contributed by atoms with Crippen molar-refractivity contribution >= 4 is 51.1 Å². The van der Waals surface area contributed by atoms with Gasteiger partial charge in [-0.25, -0.2) is 4.98 Å². The summed E-state index contributed by atoms with van der Waals surface area (Å²) in [5.41, 5.74) is 8.17. The Hall–Kier alpha value is -3.20. The lowest BCUT2D eigenvalue weighted by atomic mass is 9.96. The average molecular weight is 521 g/mol. The maximum atomic E-state index is 12.8. The Balaban J connectivity index is 1.09. The number of nitrogens with one attached hydrogen (secondary N) is 2. The highest BCUT2D eigenvalue weighted by molar-refractivity contribution is 7.14. The third-order valence-corrected chi connectivity index (χ3v) is 8.24. The minimum atomic E-state index is -0.119. The van der Waals surface area contributed by atoms with Crippen LogP contribution in [0.1, 0.15) is 33.0 Å². The van der Waals surface area contributed by atoms with Crippen LogP contribution in [0.3, 0.4) is 0 Å². The van der Waals surface area contributed by atoms with E-state index in [2.05, 4.69) is 37.6 Å². The van der Waals surface area contributed by atoms with Crippen molar-refractivity contribution < 1.29 is 4.79 Å². The Bertz CT molecular complexity index is 1340. The van der Waals surface area contributed by atoms with Crippen LogP contribution in [0.5, 0.6) is 0 Å². The van der Waals surface area contributed by atoms with Crippen LogP contribution in [0.15, 0.2) is 61.1 Å². The van der Waals surface area contributed by atoms with Crippen LogP contribution in [0, 0.1) is 5.92 Å². The number of hydrogen-bond acceptors (Lipinski definition) is 7. The van der Waals surface area contributed by atoms with E-state index in [0.29, 0.717) is 34.7 Å². The predicted octanol–water partition coefficient (Wildman–Crippen LogP) is 4.86. The predicted molar refractivity (Wildman–Crippen MR) is 148 cm³/mol. The number of thiophene rings is 1. The van der Waals surface area contributed by atoms with Crippen molar-refractivity contribution in [3.8, 4) is 0 Å². The number of nitrogens with two attached hydrogens (primary N) is 1. The number of anilines is 2. The van der Waals surface area contributed by atoms with Crippen molar-refractivity contribution in [2.75, 3.05) is 30.3 Å². The van der Waals surface area contributed by atoms with Gasteiger partial charge in [-0.05, 0) is 66.6 Å². The molecular formula is C27H29ClN6OS. The molecule has 0 unspecified atom stereocenters. The van der Waals surface area contributed by atoms with Crippen LogP contribution in [0.25, 0.3) is 10.8 Å². The van der Waals surface area contributed by atoms with Crippen LogP contribution in [-0.2, 0) is 13.1 Å². The maximum Gasteiger partial charge on any atom is 0.261 e. The van der Waals surface area contributed by atoms with Crippen LogP contribution in [0.2, 0.25) is 5.02 Å². The highest BCUT2D eigenvalue weighted by Gasteiger charge is 2.20. The number of piperidine rings is 1. The molecule has 4 aromatic rings. The fourth-order valence-corrected chi connectivity index (χ4v) is 5.90. The summed E-state index contributed by atoms with van der Waals surface area (Å²) in [6.07, 6.45) is 7.69. The van der Waals surface area contributed by atoms with Gasteiger partial charge in [-0.15, -0.1) is 11.3 Å². The molecule has 3 aromatic heterocycles. The molecule has 186 valence electrons. The second kappa shape index (κ2) is 11.2. The first kappa shape index (κ1) is 24.5. The molecule has 0 bridgehead atoms. The van der Waals surface area contributed by atoms with E-state index in [1.54, 1.807) is 12.3 Å². The Morgan fingerprint density at radius 1 is 1.08 bits per heavy atom. The molecule has 0 aliphatic carbocycles. The van der Waals surface area contributed by atoms with Crippen molar-refractivity contribution in [1.29, 1.82) is 0 Å².